The molecule has 0 aliphatic heterocycles. The van der Waals surface area contributed by atoms with Crippen LogP contribution >= 0.6 is 0 Å². The van der Waals surface area contributed by atoms with Crippen LogP contribution in [-0.4, -0.2) is 23.8 Å². The van der Waals surface area contributed by atoms with Gasteiger partial charge >= 0.3 is 0 Å². The highest BCUT2D eigenvalue weighted by Crippen LogP contribution is 2.29. The molecule has 1 aromatic rings. The van der Waals surface area contributed by atoms with Gasteiger partial charge in [0.05, 0.1) is 6.54 Å². The monoisotopic (exact) mass is 241 g/mol. The molecule has 0 unspecified atom stereocenters. The van der Waals surface area contributed by atoms with Gasteiger partial charge in [0.15, 0.2) is 0 Å². The molecule has 0 aliphatic rings. The first kappa shape index (κ1) is 14.1. The minimum Gasteiger partial charge on any atom is -0.370 e. The summed E-state index contributed by atoms with van der Waals surface area (Å²) in [4.78, 5) is 4.40. The predicted molar refractivity (Wildman–Crippen MR) is 65.6 cm³/mol. The van der Waals surface area contributed by atoms with Gasteiger partial charge in [-0.15, -0.1) is 0 Å². The van der Waals surface area contributed by atoms with E-state index in [0.717, 1.165) is 25.8 Å². The van der Waals surface area contributed by atoms with Crippen LogP contribution in [0.1, 0.15) is 51.7 Å². The van der Waals surface area contributed by atoms with Crippen LogP contribution < -0.4 is 5.32 Å². The van der Waals surface area contributed by atoms with Crippen molar-refractivity contribution in [3.63, 3.8) is 0 Å². The van der Waals surface area contributed by atoms with Crippen LogP contribution in [0.2, 0.25) is 0 Å². The molecule has 1 heterocycles. The molecular formula is C12H23N3O2. The first-order valence-corrected chi connectivity index (χ1v) is 6.31. The second kappa shape index (κ2) is 6.71. The number of rotatable bonds is 8. The Hall–Kier alpha value is -0.940. The smallest absolute Gasteiger partial charge is 0.240 e. The van der Waals surface area contributed by atoms with E-state index in [1.165, 1.54) is 0 Å². The second-order valence-corrected chi connectivity index (χ2v) is 4.09. The Morgan fingerprint density at radius 1 is 1.29 bits per heavy atom. The van der Waals surface area contributed by atoms with Crippen LogP contribution in [0.4, 0.5) is 0 Å². The molecule has 98 valence electrons. The van der Waals surface area contributed by atoms with E-state index in [1.807, 2.05) is 0 Å². The van der Waals surface area contributed by atoms with Crippen LogP contribution in [0.3, 0.4) is 0 Å². The molecule has 1 N–H and O–H groups in total. The van der Waals surface area contributed by atoms with E-state index in [1.54, 1.807) is 7.11 Å². The summed E-state index contributed by atoms with van der Waals surface area (Å²) >= 11 is 0. The molecule has 0 spiro atoms. The molecule has 0 aromatic carbocycles. The fourth-order valence-corrected chi connectivity index (χ4v) is 1.83. The van der Waals surface area contributed by atoms with Crippen molar-refractivity contribution in [2.24, 2.45) is 0 Å². The first-order valence-electron chi connectivity index (χ1n) is 6.31. The lowest BCUT2D eigenvalue weighted by Gasteiger charge is -2.25. The van der Waals surface area contributed by atoms with Gasteiger partial charge in [-0.2, -0.15) is 4.98 Å². The van der Waals surface area contributed by atoms with Crippen molar-refractivity contribution >= 4 is 0 Å². The average Bonchev–Trinajstić information content (AvgIpc) is 2.82. The van der Waals surface area contributed by atoms with Gasteiger partial charge in [-0.05, 0) is 25.8 Å². The Morgan fingerprint density at radius 2 is 2.00 bits per heavy atom. The van der Waals surface area contributed by atoms with E-state index in [4.69, 9.17) is 9.26 Å². The maximum Gasteiger partial charge on any atom is 0.240 e. The maximum atomic E-state index is 5.56. The third-order valence-electron chi connectivity index (χ3n) is 3.11. The standard InChI is InChI=1S/C12H23N3O2/c1-5-8-13-9-10-14-11(15-17-10)12(6-2,7-3)16-4/h13H,5-9H2,1-4H3. The fraction of sp³-hybridized carbons (Fsp3) is 0.833. The summed E-state index contributed by atoms with van der Waals surface area (Å²) in [6.45, 7) is 7.83. The van der Waals surface area contributed by atoms with Crippen LogP contribution in [0.25, 0.3) is 0 Å². The molecule has 5 heteroatoms. The molecular weight excluding hydrogens is 218 g/mol. The third kappa shape index (κ3) is 3.26. The minimum absolute atomic E-state index is 0.410. The molecule has 0 bridgehead atoms. The molecule has 0 fully saturated rings. The van der Waals surface area contributed by atoms with E-state index in [2.05, 4.69) is 36.2 Å². The summed E-state index contributed by atoms with van der Waals surface area (Å²) in [5.74, 6) is 1.27. The molecule has 0 saturated carbocycles. The van der Waals surface area contributed by atoms with Crippen molar-refractivity contribution in [1.29, 1.82) is 0 Å². The van der Waals surface area contributed by atoms with E-state index in [9.17, 15) is 0 Å². The molecule has 1 rings (SSSR count). The van der Waals surface area contributed by atoms with E-state index >= 15 is 0 Å². The van der Waals surface area contributed by atoms with Crippen LogP contribution in [-0.2, 0) is 16.9 Å². The summed E-state index contributed by atoms with van der Waals surface area (Å²) in [6.07, 6.45) is 2.76. The largest absolute Gasteiger partial charge is 0.370 e. The van der Waals surface area contributed by atoms with Crippen LogP contribution in [0.15, 0.2) is 4.52 Å². The number of methoxy groups -OCH3 is 1. The lowest BCUT2D eigenvalue weighted by molar-refractivity contribution is -0.0306. The van der Waals surface area contributed by atoms with Crippen molar-refractivity contribution < 1.29 is 9.26 Å². The molecule has 1 aromatic heterocycles. The normalized spacial score (nSPS) is 12.0. The summed E-state index contributed by atoms with van der Waals surface area (Å²) in [5, 5.41) is 7.26. The Morgan fingerprint density at radius 3 is 2.53 bits per heavy atom. The van der Waals surface area contributed by atoms with Gasteiger partial charge in [0, 0.05) is 7.11 Å². The highest BCUT2D eigenvalue weighted by Gasteiger charge is 2.33. The number of nitrogens with one attached hydrogen (secondary N) is 1. The minimum atomic E-state index is -0.410. The zero-order valence-electron chi connectivity index (χ0n) is 11.2. The predicted octanol–water partition coefficient (Wildman–Crippen LogP) is 2.23. The highest BCUT2D eigenvalue weighted by molar-refractivity contribution is 5.00. The Labute approximate surface area is 103 Å². The van der Waals surface area contributed by atoms with Gasteiger partial charge in [-0.3, -0.25) is 0 Å². The van der Waals surface area contributed by atoms with Crippen LogP contribution in [0.5, 0.6) is 0 Å². The van der Waals surface area contributed by atoms with Gasteiger partial charge in [0.25, 0.3) is 0 Å². The molecule has 0 atom stereocenters. The quantitative estimate of drug-likeness (QED) is 0.707. The SMILES string of the molecule is CCCNCc1nc(C(CC)(CC)OC)no1. The molecule has 0 amide bonds. The van der Waals surface area contributed by atoms with E-state index < -0.39 is 5.60 Å². The summed E-state index contributed by atoms with van der Waals surface area (Å²) in [7, 11) is 1.69. The van der Waals surface area contributed by atoms with Crippen molar-refractivity contribution in [2.75, 3.05) is 13.7 Å². The lowest BCUT2D eigenvalue weighted by atomic mass is 9.96. The van der Waals surface area contributed by atoms with Crippen molar-refractivity contribution in [3.8, 4) is 0 Å². The Kier molecular flexibility index (Phi) is 5.58. The lowest BCUT2D eigenvalue weighted by Crippen LogP contribution is -2.28. The third-order valence-corrected chi connectivity index (χ3v) is 3.11. The number of nitrogens with zero attached hydrogens (tertiary/aromatic N) is 2. The van der Waals surface area contributed by atoms with E-state index in [0.29, 0.717) is 18.3 Å². The summed E-state index contributed by atoms with van der Waals surface area (Å²) in [5.41, 5.74) is -0.410. The van der Waals surface area contributed by atoms with Gasteiger partial charge in [-0.1, -0.05) is 25.9 Å². The topological polar surface area (TPSA) is 60.2 Å². The van der Waals surface area contributed by atoms with Gasteiger partial charge < -0.3 is 14.6 Å². The fourth-order valence-electron chi connectivity index (χ4n) is 1.83. The zero-order valence-corrected chi connectivity index (χ0v) is 11.2. The molecule has 0 radical (unpaired) electrons. The van der Waals surface area contributed by atoms with Crippen molar-refractivity contribution in [1.82, 2.24) is 15.5 Å². The number of hydrogen-bond acceptors (Lipinski definition) is 5. The van der Waals surface area contributed by atoms with Gasteiger partial charge in [-0.25, -0.2) is 0 Å². The average molecular weight is 241 g/mol. The molecule has 5 nitrogen and oxygen atoms in total. The maximum absolute atomic E-state index is 5.56. The summed E-state index contributed by atoms with van der Waals surface area (Å²) in [6, 6.07) is 0. The first-order chi connectivity index (χ1) is 8.22. The van der Waals surface area contributed by atoms with Crippen molar-refractivity contribution in [2.45, 2.75) is 52.2 Å². The zero-order chi connectivity index (χ0) is 12.7. The van der Waals surface area contributed by atoms with Gasteiger partial charge in [0.2, 0.25) is 11.7 Å². The number of ether oxygens (including phenoxy) is 1. The van der Waals surface area contributed by atoms with Crippen LogP contribution in [0, 0.1) is 0 Å². The number of hydrogen-bond donors (Lipinski definition) is 1. The highest BCUT2D eigenvalue weighted by atomic mass is 16.5. The molecule has 0 aliphatic carbocycles. The number of aromatic nitrogens is 2. The molecule has 17 heavy (non-hydrogen) atoms. The molecule has 0 saturated heterocycles. The Bertz CT molecular complexity index is 313. The van der Waals surface area contributed by atoms with Crippen molar-refractivity contribution in [3.05, 3.63) is 11.7 Å². The van der Waals surface area contributed by atoms with Gasteiger partial charge in [0.1, 0.15) is 5.60 Å². The summed E-state index contributed by atoms with van der Waals surface area (Å²) < 4.78 is 10.8. The second-order valence-electron chi connectivity index (χ2n) is 4.09. The van der Waals surface area contributed by atoms with E-state index in [-0.39, 0.29) is 0 Å². The Balaban J connectivity index is 2.71.